The van der Waals surface area contributed by atoms with Crippen molar-refractivity contribution in [3.05, 3.63) is 66.7 Å². The molecule has 4 rings (SSSR count). The zero-order valence-electron chi connectivity index (χ0n) is 20.8. The third-order valence-corrected chi connectivity index (χ3v) is 6.11. The van der Waals surface area contributed by atoms with E-state index in [2.05, 4.69) is 21.7 Å². The van der Waals surface area contributed by atoms with Gasteiger partial charge in [0.1, 0.15) is 5.75 Å². The van der Waals surface area contributed by atoms with E-state index in [1.807, 2.05) is 43.3 Å². The lowest BCUT2D eigenvalue weighted by molar-refractivity contribution is -0.118. The Labute approximate surface area is 211 Å². The van der Waals surface area contributed by atoms with E-state index in [0.717, 1.165) is 67.0 Å². The predicted molar refractivity (Wildman–Crippen MR) is 137 cm³/mol. The number of unbranched alkanes of at least 4 members (excludes halogenated alkanes) is 2. The minimum Gasteiger partial charge on any atom is -0.494 e. The molecule has 0 aliphatic heterocycles. The summed E-state index contributed by atoms with van der Waals surface area (Å²) in [5.41, 5.74) is 2.40. The maximum atomic E-state index is 13.3. The first-order chi connectivity index (χ1) is 17.5. The van der Waals surface area contributed by atoms with Gasteiger partial charge < -0.3 is 14.2 Å². The van der Waals surface area contributed by atoms with Gasteiger partial charge in [0.05, 0.1) is 18.1 Å². The van der Waals surface area contributed by atoms with Crippen molar-refractivity contribution in [2.45, 2.75) is 64.2 Å². The zero-order valence-corrected chi connectivity index (χ0v) is 20.8. The van der Waals surface area contributed by atoms with Gasteiger partial charge in [-0.3, -0.25) is 9.78 Å². The van der Waals surface area contributed by atoms with Crippen molar-refractivity contribution in [3.63, 3.8) is 0 Å². The highest BCUT2D eigenvalue weighted by Crippen LogP contribution is 2.38. The Kier molecular flexibility index (Phi) is 8.81. The quantitative estimate of drug-likeness (QED) is 0.242. The number of anilines is 1. The second-order valence-corrected chi connectivity index (χ2v) is 9.05. The Morgan fingerprint density at radius 1 is 1.19 bits per heavy atom. The highest BCUT2D eigenvalue weighted by molar-refractivity contribution is 5.94. The molecule has 0 saturated heterocycles. The van der Waals surface area contributed by atoms with Crippen molar-refractivity contribution in [2.24, 2.45) is 0 Å². The Balaban J connectivity index is 1.40. The summed E-state index contributed by atoms with van der Waals surface area (Å²) in [7, 11) is 0. The maximum Gasteiger partial charge on any atom is 0.227 e. The first-order valence-corrected chi connectivity index (χ1v) is 12.7. The molecule has 0 unspecified atom stereocenters. The van der Waals surface area contributed by atoms with Crippen LogP contribution in [-0.4, -0.2) is 34.2 Å². The van der Waals surface area contributed by atoms with Gasteiger partial charge in [0.25, 0.3) is 0 Å². The summed E-state index contributed by atoms with van der Waals surface area (Å²) in [4.78, 5) is 23.7. The molecule has 1 fully saturated rings. The Bertz CT molecular complexity index is 1170. The molecule has 0 bridgehead atoms. The predicted octanol–water partition coefficient (Wildman–Crippen LogP) is 6.42. The number of aryl methyl sites for hydroxylation is 1. The first kappa shape index (κ1) is 25.5. The summed E-state index contributed by atoms with van der Waals surface area (Å²) in [6.45, 7) is 6.33. The molecule has 1 saturated carbocycles. The van der Waals surface area contributed by atoms with E-state index in [-0.39, 0.29) is 18.7 Å². The number of amides is 1. The van der Waals surface area contributed by atoms with Crippen molar-refractivity contribution in [3.8, 4) is 17.0 Å². The van der Waals surface area contributed by atoms with Crippen molar-refractivity contribution in [1.82, 2.24) is 15.1 Å². The lowest BCUT2D eigenvalue weighted by Crippen LogP contribution is -2.31. The molecule has 1 aliphatic rings. The molecule has 0 spiro atoms. The van der Waals surface area contributed by atoms with E-state index in [1.165, 1.54) is 0 Å². The van der Waals surface area contributed by atoms with Gasteiger partial charge in [-0.25, -0.2) is 4.39 Å². The van der Waals surface area contributed by atoms with Crippen LogP contribution < -0.4 is 9.64 Å². The van der Waals surface area contributed by atoms with Crippen LogP contribution in [0.1, 0.15) is 69.5 Å². The van der Waals surface area contributed by atoms with Crippen LogP contribution in [0.4, 0.5) is 10.1 Å². The maximum absolute atomic E-state index is 13.3. The molecule has 3 aromatic rings. The number of carbonyl (C=O) groups excluding carboxylic acids is 1. The molecule has 0 N–H and O–H groups in total. The Hall–Kier alpha value is -3.55. The number of benzene rings is 1. The van der Waals surface area contributed by atoms with Crippen LogP contribution >= 0.6 is 0 Å². The molecule has 0 radical (unpaired) electrons. The van der Waals surface area contributed by atoms with Gasteiger partial charge in [0, 0.05) is 55.2 Å². The second-order valence-electron chi connectivity index (χ2n) is 9.05. The van der Waals surface area contributed by atoms with Crippen molar-refractivity contribution >= 4 is 11.6 Å². The van der Waals surface area contributed by atoms with Crippen molar-refractivity contribution < 1.29 is 18.4 Å². The monoisotopic (exact) mass is 492 g/mol. The standard InChI is InChI=1S/C28H33FN4O3/c1-3-35-24-15-16-30-25(19-24)22-8-7-9-23(18-22)33(27(34)14-11-20(2)29)17-6-4-5-10-26-31-28(32-36-26)21-12-13-21/h7-9,15-16,18-19,21H,2-6,10-14,17H2,1H3. The van der Waals surface area contributed by atoms with Crippen molar-refractivity contribution in [2.75, 3.05) is 18.1 Å². The fourth-order valence-corrected chi connectivity index (χ4v) is 4.03. The largest absolute Gasteiger partial charge is 0.494 e. The Morgan fingerprint density at radius 2 is 2.06 bits per heavy atom. The molecule has 1 amide bonds. The fourth-order valence-electron chi connectivity index (χ4n) is 4.03. The van der Waals surface area contributed by atoms with Gasteiger partial charge in [-0.2, -0.15) is 4.98 Å². The van der Waals surface area contributed by atoms with E-state index < -0.39 is 5.83 Å². The number of hydrogen-bond acceptors (Lipinski definition) is 6. The van der Waals surface area contributed by atoms with Gasteiger partial charge >= 0.3 is 0 Å². The number of hydrogen-bond donors (Lipinski definition) is 0. The number of pyridine rings is 1. The van der Waals surface area contributed by atoms with Gasteiger partial charge in [-0.1, -0.05) is 30.3 Å². The summed E-state index contributed by atoms with van der Waals surface area (Å²) < 4.78 is 24.2. The van der Waals surface area contributed by atoms with Gasteiger partial charge in [-0.15, -0.1) is 0 Å². The molecule has 2 heterocycles. The van der Waals surface area contributed by atoms with E-state index in [1.54, 1.807) is 11.1 Å². The summed E-state index contributed by atoms with van der Waals surface area (Å²) in [6.07, 6.45) is 7.42. The average molecular weight is 493 g/mol. The molecule has 0 atom stereocenters. The number of nitrogens with zero attached hydrogens (tertiary/aromatic N) is 4. The van der Waals surface area contributed by atoms with E-state index >= 15 is 0 Å². The minimum absolute atomic E-state index is 0.0213. The number of halogens is 1. The average Bonchev–Trinajstić information content (AvgIpc) is 3.63. The van der Waals surface area contributed by atoms with Crippen LogP contribution in [0.25, 0.3) is 11.3 Å². The molecule has 2 aromatic heterocycles. The van der Waals surface area contributed by atoms with Crippen LogP contribution in [0.2, 0.25) is 0 Å². The minimum atomic E-state index is -0.487. The first-order valence-electron chi connectivity index (χ1n) is 12.7. The highest BCUT2D eigenvalue weighted by atomic mass is 19.1. The zero-order chi connectivity index (χ0) is 25.3. The topological polar surface area (TPSA) is 81.4 Å². The van der Waals surface area contributed by atoms with Gasteiger partial charge in [0.2, 0.25) is 11.8 Å². The molecule has 8 heteroatoms. The third-order valence-electron chi connectivity index (χ3n) is 6.11. The van der Waals surface area contributed by atoms with E-state index in [9.17, 15) is 9.18 Å². The van der Waals surface area contributed by atoms with Crippen LogP contribution in [0.15, 0.2) is 59.5 Å². The summed E-state index contributed by atoms with van der Waals surface area (Å²) in [6, 6.07) is 11.4. The lowest BCUT2D eigenvalue weighted by atomic mass is 10.1. The lowest BCUT2D eigenvalue weighted by Gasteiger charge is -2.23. The van der Waals surface area contributed by atoms with E-state index in [4.69, 9.17) is 9.26 Å². The van der Waals surface area contributed by atoms with Crippen LogP contribution in [0.5, 0.6) is 5.75 Å². The summed E-state index contributed by atoms with van der Waals surface area (Å²) in [5.74, 6) is 2.12. The Morgan fingerprint density at radius 3 is 2.83 bits per heavy atom. The van der Waals surface area contributed by atoms with Gasteiger partial charge in [-0.05, 0) is 50.8 Å². The number of ether oxygens (including phenoxy) is 1. The smallest absolute Gasteiger partial charge is 0.227 e. The van der Waals surface area contributed by atoms with Crippen LogP contribution in [-0.2, 0) is 11.2 Å². The normalized spacial score (nSPS) is 12.9. The fraction of sp³-hybridized carbons (Fsp3) is 0.429. The summed E-state index contributed by atoms with van der Waals surface area (Å²) in [5, 5.41) is 4.06. The molecular formula is C28H33FN4O3. The number of allylic oxidation sites excluding steroid dienone is 1. The number of rotatable bonds is 14. The molecule has 190 valence electrons. The van der Waals surface area contributed by atoms with Gasteiger partial charge in [0.15, 0.2) is 5.82 Å². The number of aromatic nitrogens is 3. The van der Waals surface area contributed by atoms with E-state index in [0.29, 0.717) is 25.0 Å². The highest BCUT2D eigenvalue weighted by Gasteiger charge is 2.28. The molecular weight excluding hydrogens is 459 g/mol. The van der Waals surface area contributed by atoms with Crippen LogP contribution in [0, 0.1) is 0 Å². The van der Waals surface area contributed by atoms with Crippen LogP contribution in [0.3, 0.4) is 0 Å². The molecule has 7 nitrogen and oxygen atoms in total. The third kappa shape index (κ3) is 7.23. The molecule has 1 aliphatic carbocycles. The number of carbonyl (C=O) groups is 1. The summed E-state index contributed by atoms with van der Waals surface area (Å²) >= 11 is 0. The van der Waals surface area contributed by atoms with Crippen molar-refractivity contribution in [1.29, 1.82) is 0 Å². The second kappa shape index (κ2) is 12.4. The molecule has 36 heavy (non-hydrogen) atoms. The SMILES string of the molecule is C=C(F)CCC(=O)N(CCCCCc1nc(C2CC2)no1)c1cccc(-c2cc(OCC)ccn2)c1. The molecule has 1 aromatic carbocycles.